The van der Waals surface area contributed by atoms with E-state index in [1.165, 1.54) is 93.2 Å². The number of fused-ring (bicyclic) bond motifs is 4. The SMILES string of the molecule is Cc1cc(-c2ccc3ccccc3c2)ccc1-c1c2ccccc2c(-c2ccccc2-c2cccc3ccccc23)c2ccccc12. The quantitative estimate of drug-likeness (QED) is 0.177. The van der Waals surface area contributed by atoms with E-state index in [4.69, 9.17) is 0 Å². The summed E-state index contributed by atoms with van der Waals surface area (Å²) in [6.07, 6.45) is 0. The molecule has 0 spiro atoms. The van der Waals surface area contributed by atoms with Gasteiger partial charge < -0.3 is 0 Å². The second-order valence-electron chi connectivity index (χ2n) is 12.5. The van der Waals surface area contributed by atoms with Gasteiger partial charge in [0.05, 0.1) is 0 Å². The molecule has 0 aliphatic rings. The van der Waals surface area contributed by atoms with Crippen LogP contribution in [0.5, 0.6) is 0 Å². The van der Waals surface area contributed by atoms with Gasteiger partial charge in [-0.2, -0.15) is 0 Å². The van der Waals surface area contributed by atoms with E-state index in [0.29, 0.717) is 0 Å². The average Bonchev–Trinajstić information content (AvgIpc) is 3.13. The normalized spacial score (nSPS) is 11.5. The van der Waals surface area contributed by atoms with Gasteiger partial charge in [-0.15, -0.1) is 0 Å². The minimum atomic E-state index is 1.24. The summed E-state index contributed by atoms with van der Waals surface area (Å²) in [5.41, 5.74) is 11.4. The van der Waals surface area contributed by atoms with Gasteiger partial charge in [-0.05, 0) is 106 Å². The van der Waals surface area contributed by atoms with Crippen molar-refractivity contribution < 1.29 is 0 Å². The van der Waals surface area contributed by atoms with Crippen molar-refractivity contribution in [2.24, 2.45) is 0 Å². The molecular formula is C47H32. The predicted molar refractivity (Wildman–Crippen MR) is 203 cm³/mol. The number of benzene rings is 9. The van der Waals surface area contributed by atoms with Gasteiger partial charge in [-0.25, -0.2) is 0 Å². The number of rotatable bonds is 4. The molecule has 0 heterocycles. The molecule has 0 aliphatic carbocycles. The van der Waals surface area contributed by atoms with Gasteiger partial charge in [0.2, 0.25) is 0 Å². The molecule has 9 aromatic carbocycles. The van der Waals surface area contributed by atoms with E-state index < -0.39 is 0 Å². The molecule has 0 heteroatoms. The summed E-state index contributed by atoms with van der Waals surface area (Å²) < 4.78 is 0. The fourth-order valence-corrected chi connectivity index (χ4v) is 7.60. The Labute approximate surface area is 275 Å². The van der Waals surface area contributed by atoms with E-state index in [1.54, 1.807) is 0 Å². The van der Waals surface area contributed by atoms with Crippen molar-refractivity contribution in [3.05, 3.63) is 181 Å². The first-order chi connectivity index (χ1) is 23.2. The van der Waals surface area contributed by atoms with E-state index in [1.807, 2.05) is 0 Å². The van der Waals surface area contributed by atoms with E-state index in [0.717, 1.165) is 0 Å². The van der Waals surface area contributed by atoms with Crippen molar-refractivity contribution in [3.63, 3.8) is 0 Å². The van der Waals surface area contributed by atoms with Crippen LogP contribution in [-0.4, -0.2) is 0 Å². The summed E-state index contributed by atoms with van der Waals surface area (Å²) in [7, 11) is 0. The highest BCUT2D eigenvalue weighted by Gasteiger charge is 2.20. The molecule has 0 radical (unpaired) electrons. The van der Waals surface area contributed by atoms with Crippen LogP contribution >= 0.6 is 0 Å². The van der Waals surface area contributed by atoms with E-state index in [9.17, 15) is 0 Å². The van der Waals surface area contributed by atoms with Gasteiger partial charge in [-0.3, -0.25) is 0 Å². The lowest BCUT2D eigenvalue weighted by atomic mass is 9.82. The molecular weight excluding hydrogens is 565 g/mol. The molecule has 0 nitrogen and oxygen atoms in total. The highest BCUT2D eigenvalue weighted by molar-refractivity contribution is 6.23. The minimum absolute atomic E-state index is 1.24. The summed E-state index contributed by atoms with van der Waals surface area (Å²) in [6, 6.07) is 64.5. The molecule has 0 N–H and O–H groups in total. The molecule has 220 valence electrons. The topological polar surface area (TPSA) is 0 Å². The molecule has 0 atom stereocenters. The molecule has 0 fully saturated rings. The molecule has 47 heavy (non-hydrogen) atoms. The summed E-state index contributed by atoms with van der Waals surface area (Å²) in [5, 5.41) is 10.2. The lowest BCUT2D eigenvalue weighted by Crippen LogP contribution is -1.94. The zero-order valence-electron chi connectivity index (χ0n) is 26.2. The predicted octanol–water partition coefficient (Wildman–Crippen LogP) is 13.3. The molecule has 0 unspecified atom stereocenters. The van der Waals surface area contributed by atoms with E-state index in [-0.39, 0.29) is 0 Å². The van der Waals surface area contributed by atoms with Gasteiger partial charge in [-0.1, -0.05) is 170 Å². The van der Waals surface area contributed by atoms with Crippen molar-refractivity contribution >= 4 is 43.1 Å². The smallest absolute Gasteiger partial charge is 0.00201 e. The van der Waals surface area contributed by atoms with Gasteiger partial charge in [0.15, 0.2) is 0 Å². The Balaban J connectivity index is 1.28. The van der Waals surface area contributed by atoms with Gasteiger partial charge >= 0.3 is 0 Å². The summed E-state index contributed by atoms with van der Waals surface area (Å²) in [4.78, 5) is 0. The second-order valence-corrected chi connectivity index (χ2v) is 12.5. The molecule has 9 rings (SSSR count). The van der Waals surface area contributed by atoms with Crippen LogP contribution < -0.4 is 0 Å². The van der Waals surface area contributed by atoms with Crippen LogP contribution in [0.4, 0.5) is 0 Å². The average molecular weight is 597 g/mol. The molecule has 0 saturated carbocycles. The Hall–Kier alpha value is -5.98. The Kier molecular flexibility index (Phi) is 6.47. The second kappa shape index (κ2) is 11.1. The fourth-order valence-electron chi connectivity index (χ4n) is 7.60. The Morgan fingerprint density at radius 3 is 1.43 bits per heavy atom. The third kappa shape index (κ3) is 4.53. The Bertz CT molecular complexity index is 2580. The van der Waals surface area contributed by atoms with Crippen LogP contribution in [0.25, 0.3) is 87.6 Å². The van der Waals surface area contributed by atoms with Crippen LogP contribution in [0.3, 0.4) is 0 Å². The molecule has 0 saturated heterocycles. The summed E-state index contributed by atoms with van der Waals surface area (Å²) in [6.45, 7) is 2.26. The maximum Gasteiger partial charge on any atom is -0.00201 e. The van der Waals surface area contributed by atoms with Gasteiger partial charge in [0.25, 0.3) is 0 Å². The minimum Gasteiger partial charge on any atom is -0.0616 e. The highest BCUT2D eigenvalue weighted by Crippen LogP contribution is 2.47. The van der Waals surface area contributed by atoms with Crippen LogP contribution in [0.1, 0.15) is 5.56 Å². The first-order valence-corrected chi connectivity index (χ1v) is 16.4. The van der Waals surface area contributed by atoms with Crippen LogP contribution in [0.15, 0.2) is 176 Å². The maximum absolute atomic E-state index is 2.35. The summed E-state index contributed by atoms with van der Waals surface area (Å²) in [5.74, 6) is 0. The number of hydrogen-bond donors (Lipinski definition) is 0. The van der Waals surface area contributed by atoms with Gasteiger partial charge in [0, 0.05) is 0 Å². The molecule has 0 aromatic heterocycles. The van der Waals surface area contributed by atoms with Crippen molar-refractivity contribution in [1.82, 2.24) is 0 Å². The Morgan fingerprint density at radius 1 is 0.277 bits per heavy atom. The molecule has 0 aliphatic heterocycles. The third-order valence-electron chi connectivity index (χ3n) is 9.79. The zero-order chi connectivity index (χ0) is 31.3. The van der Waals surface area contributed by atoms with Crippen LogP contribution in [-0.2, 0) is 0 Å². The zero-order valence-corrected chi connectivity index (χ0v) is 26.2. The van der Waals surface area contributed by atoms with E-state index >= 15 is 0 Å². The monoisotopic (exact) mass is 596 g/mol. The van der Waals surface area contributed by atoms with Crippen molar-refractivity contribution in [3.8, 4) is 44.5 Å². The molecule has 0 bridgehead atoms. The number of hydrogen-bond acceptors (Lipinski definition) is 0. The van der Waals surface area contributed by atoms with Crippen molar-refractivity contribution in [1.29, 1.82) is 0 Å². The lowest BCUT2D eigenvalue weighted by molar-refractivity contribution is 1.47. The van der Waals surface area contributed by atoms with Crippen molar-refractivity contribution in [2.45, 2.75) is 6.92 Å². The third-order valence-corrected chi connectivity index (χ3v) is 9.79. The first kappa shape index (κ1) is 27.3. The Morgan fingerprint density at radius 2 is 0.745 bits per heavy atom. The molecule has 0 amide bonds. The lowest BCUT2D eigenvalue weighted by Gasteiger charge is -2.21. The van der Waals surface area contributed by atoms with Gasteiger partial charge in [0.1, 0.15) is 0 Å². The van der Waals surface area contributed by atoms with E-state index in [2.05, 4.69) is 183 Å². The number of aryl methyl sites for hydroxylation is 1. The highest BCUT2D eigenvalue weighted by atomic mass is 14.2. The summed E-state index contributed by atoms with van der Waals surface area (Å²) >= 11 is 0. The fraction of sp³-hybridized carbons (Fsp3) is 0.0213. The first-order valence-electron chi connectivity index (χ1n) is 16.4. The standard InChI is InChI=1S/C47H32/c1-31-29-35(36-26-25-32-13-2-3-15-34(32)30-36)27-28-37(31)46-42-20-8-10-22-44(42)47(45-23-11-9-21-43(45)46)41-19-7-6-18-40(41)39-24-12-16-33-14-4-5-17-38(33)39/h2-30H,1H3. The maximum atomic E-state index is 2.35. The molecule has 9 aromatic rings. The largest absolute Gasteiger partial charge is 0.0616 e. The van der Waals surface area contributed by atoms with Crippen LogP contribution in [0, 0.1) is 6.92 Å². The van der Waals surface area contributed by atoms with Crippen LogP contribution in [0.2, 0.25) is 0 Å². The van der Waals surface area contributed by atoms with Crippen molar-refractivity contribution in [2.75, 3.05) is 0 Å².